The second-order valence-corrected chi connectivity index (χ2v) is 7.78. The van der Waals surface area contributed by atoms with Crippen molar-refractivity contribution in [1.29, 1.82) is 0 Å². The summed E-state index contributed by atoms with van der Waals surface area (Å²) < 4.78 is 26.2. The summed E-state index contributed by atoms with van der Waals surface area (Å²) in [5.74, 6) is -0.125. The average molecular weight is 352 g/mol. The van der Waals surface area contributed by atoms with E-state index in [0.717, 1.165) is 5.56 Å². The number of benzene rings is 1. The number of carbonyl (C=O) groups excluding carboxylic acids is 1. The predicted molar refractivity (Wildman–Crippen MR) is 92.0 cm³/mol. The summed E-state index contributed by atoms with van der Waals surface area (Å²) in [4.78, 5) is 12.8. The summed E-state index contributed by atoms with van der Waals surface area (Å²) in [6.45, 7) is 4.88. The Kier molecular flexibility index (Phi) is 5.92. The first-order valence-corrected chi connectivity index (χ1v) is 9.71. The first-order chi connectivity index (χ1) is 11.0. The SMILES string of the molecule is CCN(CC)S(=O)(=O)c1ccc(CNC(=O)c2cccs2)cc1. The van der Waals surface area contributed by atoms with E-state index >= 15 is 0 Å². The van der Waals surface area contributed by atoms with E-state index < -0.39 is 10.0 Å². The van der Waals surface area contributed by atoms with Crippen LogP contribution in [0.5, 0.6) is 0 Å². The number of nitrogens with one attached hydrogen (secondary N) is 1. The van der Waals surface area contributed by atoms with Crippen molar-refractivity contribution in [2.24, 2.45) is 0 Å². The lowest BCUT2D eigenvalue weighted by Crippen LogP contribution is -2.30. The lowest BCUT2D eigenvalue weighted by atomic mass is 10.2. The highest BCUT2D eigenvalue weighted by atomic mass is 32.2. The van der Waals surface area contributed by atoms with Gasteiger partial charge in [-0.2, -0.15) is 4.31 Å². The summed E-state index contributed by atoms with van der Waals surface area (Å²) in [5.41, 5.74) is 0.855. The van der Waals surface area contributed by atoms with Crippen molar-refractivity contribution in [3.63, 3.8) is 0 Å². The summed E-state index contributed by atoms with van der Waals surface area (Å²) in [7, 11) is -3.44. The van der Waals surface area contributed by atoms with Crippen LogP contribution in [0.15, 0.2) is 46.7 Å². The highest BCUT2D eigenvalue weighted by Crippen LogP contribution is 2.16. The summed E-state index contributed by atoms with van der Waals surface area (Å²) in [6, 6.07) is 10.2. The number of hydrogen-bond donors (Lipinski definition) is 1. The molecule has 7 heteroatoms. The van der Waals surface area contributed by atoms with Gasteiger partial charge in [-0.15, -0.1) is 11.3 Å². The zero-order valence-corrected chi connectivity index (χ0v) is 14.8. The lowest BCUT2D eigenvalue weighted by Gasteiger charge is -2.18. The number of nitrogens with zero attached hydrogens (tertiary/aromatic N) is 1. The Morgan fingerprint density at radius 2 is 1.78 bits per heavy atom. The molecule has 1 aromatic heterocycles. The molecule has 0 spiro atoms. The maximum absolute atomic E-state index is 12.4. The van der Waals surface area contributed by atoms with Gasteiger partial charge in [-0.1, -0.05) is 32.0 Å². The fraction of sp³-hybridized carbons (Fsp3) is 0.312. The molecule has 0 atom stereocenters. The molecule has 0 aliphatic heterocycles. The Labute approximate surface area is 141 Å². The summed E-state index contributed by atoms with van der Waals surface area (Å²) in [5, 5.41) is 4.67. The van der Waals surface area contributed by atoms with E-state index in [1.165, 1.54) is 15.6 Å². The molecule has 2 rings (SSSR count). The molecule has 1 N–H and O–H groups in total. The van der Waals surface area contributed by atoms with Gasteiger partial charge in [-0.25, -0.2) is 8.42 Å². The van der Waals surface area contributed by atoms with Gasteiger partial charge in [-0.3, -0.25) is 4.79 Å². The van der Waals surface area contributed by atoms with Crippen LogP contribution in [0.2, 0.25) is 0 Å². The van der Waals surface area contributed by atoms with E-state index in [1.807, 2.05) is 25.3 Å². The third-order valence-corrected chi connectivity index (χ3v) is 6.40. The van der Waals surface area contributed by atoms with Crippen LogP contribution in [0.4, 0.5) is 0 Å². The molecule has 0 saturated carbocycles. The monoisotopic (exact) mass is 352 g/mol. The smallest absolute Gasteiger partial charge is 0.261 e. The topological polar surface area (TPSA) is 66.5 Å². The van der Waals surface area contributed by atoms with Crippen LogP contribution >= 0.6 is 11.3 Å². The van der Waals surface area contributed by atoms with Crippen LogP contribution < -0.4 is 5.32 Å². The maximum atomic E-state index is 12.4. The molecule has 0 bridgehead atoms. The van der Waals surface area contributed by atoms with E-state index in [4.69, 9.17) is 0 Å². The maximum Gasteiger partial charge on any atom is 0.261 e. The van der Waals surface area contributed by atoms with Crippen LogP contribution in [0.1, 0.15) is 29.1 Å². The molecule has 1 aromatic carbocycles. The van der Waals surface area contributed by atoms with E-state index in [1.54, 1.807) is 30.3 Å². The van der Waals surface area contributed by atoms with Gasteiger partial charge < -0.3 is 5.32 Å². The molecule has 0 fully saturated rings. The number of rotatable bonds is 7. The minimum absolute atomic E-state index is 0.125. The Morgan fingerprint density at radius 3 is 2.30 bits per heavy atom. The van der Waals surface area contributed by atoms with Crippen LogP contribution in [0, 0.1) is 0 Å². The largest absolute Gasteiger partial charge is 0.347 e. The van der Waals surface area contributed by atoms with Crippen LogP contribution in [-0.2, 0) is 16.6 Å². The molecular formula is C16H20N2O3S2. The molecule has 2 aromatic rings. The summed E-state index contributed by atoms with van der Waals surface area (Å²) >= 11 is 1.38. The van der Waals surface area contributed by atoms with E-state index in [-0.39, 0.29) is 10.8 Å². The normalized spacial score (nSPS) is 11.6. The predicted octanol–water partition coefficient (Wildman–Crippen LogP) is 2.71. The Balaban J connectivity index is 2.04. The molecule has 23 heavy (non-hydrogen) atoms. The standard InChI is InChI=1S/C16H20N2O3S2/c1-3-18(4-2)23(20,21)14-9-7-13(8-10-14)12-17-16(19)15-6-5-11-22-15/h5-11H,3-4,12H2,1-2H3,(H,17,19). The Hall–Kier alpha value is -1.70. The van der Waals surface area contributed by atoms with Gasteiger partial charge in [0, 0.05) is 19.6 Å². The third kappa shape index (κ3) is 4.19. The van der Waals surface area contributed by atoms with E-state index in [0.29, 0.717) is 24.5 Å². The number of hydrogen-bond acceptors (Lipinski definition) is 4. The van der Waals surface area contributed by atoms with Gasteiger partial charge in [0.15, 0.2) is 0 Å². The van der Waals surface area contributed by atoms with Crippen LogP contribution in [0.3, 0.4) is 0 Å². The van der Waals surface area contributed by atoms with Gasteiger partial charge in [0.1, 0.15) is 0 Å². The van der Waals surface area contributed by atoms with Gasteiger partial charge in [0.05, 0.1) is 9.77 Å². The first-order valence-electron chi connectivity index (χ1n) is 7.39. The average Bonchev–Trinajstić information content (AvgIpc) is 3.08. The van der Waals surface area contributed by atoms with Crippen molar-refractivity contribution in [3.05, 3.63) is 52.2 Å². The molecule has 0 unspecified atom stereocenters. The van der Waals surface area contributed by atoms with Crippen molar-refractivity contribution in [3.8, 4) is 0 Å². The molecule has 1 amide bonds. The third-order valence-electron chi connectivity index (χ3n) is 3.46. The first kappa shape index (κ1) is 17.7. The van der Waals surface area contributed by atoms with Crippen molar-refractivity contribution < 1.29 is 13.2 Å². The number of amides is 1. The van der Waals surface area contributed by atoms with E-state index in [9.17, 15) is 13.2 Å². The number of sulfonamides is 1. The fourth-order valence-corrected chi connectivity index (χ4v) is 4.27. The second-order valence-electron chi connectivity index (χ2n) is 4.89. The van der Waals surface area contributed by atoms with Gasteiger partial charge in [0.2, 0.25) is 10.0 Å². The molecule has 1 heterocycles. The van der Waals surface area contributed by atoms with Gasteiger partial charge in [0.25, 0.3) is 5.91 Å². The summed E-state index contributed by atoms with van der Waals surface area (Å²) in [6.07, 6.45) is 0. The highest BCUT2D eigenvalue weighted by molar-refractivity contribution is 7.89. The number of carbonyl (C=O) groups is 1. The van der Waals surface area contributed by atoms with Gasteiger partial charge >= 0.3 is 0 Å². The molecule has 0 aliphatic rings. The number of thiophene rings is 1. The Bertz CT molecular complexity index is 734. The van der Waals surface area contributed by atoms with Crippen molar-refractivity contribution in [2.45, 2.75) is 25.3 Å². The molecule has 5 nitrogen and oxygen atoms in total. The Morgan fingerprint density at radius 1 is 1.13 bits per heavy atom. The van der Waals surface area contributed by atoms with E-state index in [2.05, 4.69) is 5.32 Å². The molecule has 0 radical (unpaired) electrons. The highest BCUT2D eigenvalue weighted by Gasteiger charge is 2.21. The van der Waals surface area contributed by atoms with Gasteiger partial charge in [-0.05, 0) is 29.1 Å². The lowest BCUT2D eigenvalue weighted by molar-refractivity contribution is 0.0955. The minimum atomic E-state index is -3.44. The minimum Gasteiger partial charge on any atom is -0.347 e. The van der Waals surface area contributed by atoms with Crippen molar-refractivity contribution in [1.82, 2.24) is 9.62 Å². The van der Waals surface area contributed by atoms with Crippen molar-refractivity contribution >= 4 is 27.3 Å². The second kappa shape index (κ2) is 7.72. The van der Waals surface area contributed by atoms with Crippen LogP contribution in [0.25, 0.3) is 0 Å². The zero-order valence-electron chi connectivity index (χ0n) is 13.2. The molecular weight excluding hydrogens is 332 g/mol. The van der Waals surface area contributed by atoms with Crippen molar-refractivity contribution in [2.75, 3.05) is 13.1 Å². The molecule has 124 valence electrons. The fourth-order valence-electron chi connectivity index (χ4n) is 2.17. The quantitative estimate of drug-likeness (QED) is 0.833. The zero-order chi connectivity index (χ0) is 16.9. The molecule has 0 saturated heterocycles. The van der Waals surface area contributed by atoms with Crippen LogP contribution in [-0.4, -0.2) is 31.7 Å². The molecule has 0 aliphatic carbocycles.